The molecular formula is C31H44O10. The van der Waals surface area contributed by atoms with Crippen LogP contribution in [-0.2, 0) is 33.3 Å². The lowest BCUT2D eigenvalue weighted by atomic mass is 9.55. The standard InChI is InChI=1S/C31H44O10/c1-15-11-20(39-26(15)35)25(34)16(2)18-12-23(38-17(3)32)28(6)19(18)9-10-29(36)14-30-21(7-8-22(28)29)27(4,5)41-31(30,37)13-24(33)40-30/h15-16,20-23,25,34,36-37H,7-14H2,1-6H3/t15-,16-,20-,21-,22-,23-,25-,28-,29-,30+,31+/m0/s1. The van der Waals surface area contributed by atoms with E-state index in [0.29, 0.717) is 38.5 Å². The molecule has 0 aromatic carbocycles. The van der Waals surface area contributed by atoms with Gasteiger partial charge in [0.1, 0.15) is 18.6 Å². The normalized spacial score (nSPS) is 47.9. The van der Waals surface area contributed by atoms with Gasteiger partial charge in [-0.25, -0.2) is 0 Å². The molecule has 0 radical (unpaired) electrons. The molecule has 10 heteroatoms. The Balaban J connectivity index is 1.40. The first kappa shape index (κ1) is 29.1. The summed E-state index contributed by atoms with van der Waals surface area (Å²) < 4.78 is 23.6. The predicted molar refractivity (Wildman–Crippen MR) is 143 cm³/mol. The maximum Gasteiger partial charge on any atom is 0.312 e. The van der Waals surface area contributed by atoms with E-state index in [9.17, 15) is 29.7 Å². The molecule has 1 spiro atoms. The lowest BCUT2D eigenvalue weighted by molar-refractivity contribution is -0.261. The van der Waals surface area contributed by atoms with Gasteiger partial charge in [0.2, 0.25) is 5.79 Å². The van der Waals surface area contributed by atoms with Gasteiger partial charge >= 0.3 is 17.9 Å². The van der Waals surface area contributed by atoms with Crippen molar-refractivity contribution in [3.63, 3.8) is 0 Å². The van der Waals surface area contributed by atoms with Gasteiger partial charge in [0, 0.05) is 42.9 Å². The summed E-state index contributed by atoms with van der Waals surface area (Å²) in [5.74, 6) is -4.43. The van der Waals surface area contributed by atoms with Crippen LogP contribution in [0.2, 0.25) is 0 Å². The third kappa shape index (κ3) is 3.92. The summed E-state index contributed by atoms with van der Waals surface area (Å²) in [6.45, 7) is 10.9. The number of esters is 3. The van der Waals surface area contributed by atoms with E-state index < -0.39 is 58.3 Å². The number of aliphatic hydroxyl groups excluding tert-OH is 1. The Hall–Kier alpha value is -2.01. The van der Waals surface area contributed by atoms with E-state index in [2.05, 4.69) is 0 Å². The first-order valence-electron chi connectivity index (χ1n) is 15.1. The monoisotopic (exact) mass is 576 g/mol. The van der Waals surface area contributed by atoms with Gasteiger partial charge in [0.25, 0.3) is 0 Å². The topological polar surface area (TPSA) is 149 Å². The van der Waals surface area contributed by atoms with Crippen LogP contribution >= 0.6 is 0 Å². The summed E-state index contributed by atoms with van der Waals surface area (Å²) in [5.41, 5.74) is -2.19. The number of aliphatic hydroxyl groups is 3. The summed E-state index contributed by atoms with van der Waals surface area (Å²) >= 11 is 0. The number of hydrogen-bond donors (Lipinski definition) is 3. The summed E-state index contributed by atoms with van der Waals surface area (Å²) in [6, 6.07) is 0. The van der Waals surface area contributed by atoms with Crippen LogP contribution in [0.3, 0.4) is 0 Å². The smallest absolute Gasteiger partial charge is 0.312 e. The Bertz CT molecular complexity index is 1210. The molecule has 0 aromatic heterocycles. The molecule has 228 valence electrons. The van der Waals surface area contributed by atoms with Gasteiger partial charge in [-0.2, -0.15) is 0 Å². The van der Waals surface area contributed by atoms with Crippen molar-refractivity contribution in [2.24, 2.45) is 29.1 Å². The van der Waals surface area contributed by atoms with Gasteiger partial charge in [0.15, 0.2) is 5.60 Å². The zero-order valence-corrected chi connectivity index (χ0v) is 24.9. The van der Waals surface area contributed by atoms with Crippen LogP contribution in [0.4, 0.5) is 0 Å². The maximum absolute atomic E-state index is 12.6. The highest BCUT2D eigenvalue weighted by Crippen LogP contribution is 2.68. The second-order valence-corrected chi connectivity index (χ2v) is 14.5. The second-order valence-electron chi connectivity index (χ2n) is 14.5. The molecule has 6 aliphatic rings. The average molecular weight is 577 g/mol. The fourth-order valence-electron chi connectivity index (χ4n) is 9.98. The minimum atomic E-state index is -1.83. The van der Waals surface area contributed by atoms with E-state index in [4.69, 9.17) is 18.9 Å². The number of rotatable bonds is 4. The van der Waals surface area contributed by atoms with Crippen LogP contribution in [0.5, 0.6) is 0 Å². The Morgan fingerprint density at radius 3 is 2.44 bits per heavy atom. The van der Waals surface area contributed by atoms with E-state index >= 15 is 0 Å². The van der Waals surface area contributed by atoms with Crippen molar-refractivity contribution in [1.29, 1.82) is 0 Å². The third-order valence-corrected chi connectivity index (χ3v) is 11.8. The van der Waals surface area contributed by atoms with Crippen molar-refractivity contribution in [3.8, 4) is 0 Å². The molecule has 0 amide bonds. The highest BCUT2D eigenvalue weighted by molar-refractivity contribution is 5.75. The summed E-state index contributed by atoms with van der Waals surface area (Å²) in [6.07, 6.45) is 0.460. The first-order chi connectivity index (χ1) is 19.0. The fraction of sp³-hybridized carbons (Fsp3) is 0.839. The molecule has 5 fully saturated rings. The Labute approximate surface area is 240 Å². The van der Waals surface area contributed by atoms with Crippen LogP contribution in [0.25, 0.3) is 0 Å². The van der Waals surface area contributed by atoms with Crippen molar-refractivity contribution in [1.82, 2.24) is 0 Å². The molecule has 3 heterocycles. The van der Waals surface area contributed by atoms with Gasteiger partial charge in [-0.05, 0) is 46.0 Å². The van der Waals surface area contributed by atoms with Crippen molar-refractivity contribution in [2.75, 3.05) is 0 Å². The minimum absolute atomic E-state index is 0.0279. The van der Waals surface area contributed by atoms with Gasteiger partial charge in [0.05, 0.1) is 23.2 Å². The second kappa shape index (κ2) is 9.00. The number of carbonyl (C=O) groups is 3. The molecular weight excluding hydrogens is 532 g/mol. The number of ether oxygens (including phenoxy) is 4. The molecule has 0 aromatic rings. The van der Waals surface area contributed by atoms with Crippen molar-refractivity contribution >= 4 is 17.9 Å². The maximum atomic E-state index is 12.6. The molecule has 3 saturated heterocycles. The van der Waals surface area contributed by atoms with Gasteiger partial charge in [-0.3, -0.25) is 14.4 Å². The lowest BCUT2D eigenvalue weighted by Gasteiger charge is -2.53. The Morgan fingerprint density at radius 1 is 1.12 bits per heavy atom. The number of hydrogen-bond acceptors (Lipinski definition) is 10. The SMILES string of the molecule is CC(=O)O[C@H]1CC([C@H](C)[C@H](O)[C@@H]2C[C@H](C)C(=O)O2)=C2CC[C@]3(O)C[C@]45OC(=O)C[C@@]4(O)OC(C)(C)[C@@H]5CC[C@H]3[C@]21C. The van der Waals surface area contributed by atoms with Gasteiger partial charge in [-0.1, -0.05) is 31.9 Å². The van der Waals surface area contributed by atoms with Crippen molar-refractivity contribution < 1.29 is 48.7 Å². The molecule has 6 rings (SSSR count). The molecule has 0 unspecified atom stereocenters. The van der Waals surface area contributed by atoms with Crippen molar-refractivity contribution in [2.45, 2.75) is 134 Å². The minimum Gasteiger partial charge on any atom is -0.461 e. The number of fused-ring (bicyclic) bond motifs is 3. The van der Waals surface area contributed by atoms with Crippen LogP contribution < -0.4 is 0 Å². The van der Waals surface area contributed by atoms with Crippen LogP contribution in [0.15, 0.2) is 11.1 Å². The highest BCUT2D eigenvalue weighted by atomic mass is 16.7. The molecule has 10 nitrogen and oxygen atoms in total. The number of carbonyl (C=O) groups excluding carboxylic acids is 3. The fourth-order valence-corrected chi connectivity index (χ4v) is 9.98. The van der Waals surface area contributed by atoms with Crippen LogP contribution in [-0.4, -0.2) is 74.1 Å². The molecule has 11 atom stereocenters. The number of cyclic esters (lactones) is 1. The van der Waals surface area contributed by atoms with E-state index in [1.54, 1.807) is 6.92 Å². The quantitative estimate of drug-likeness (QED) is 0.259. The van der Waals surface area contributed by atoms with E-state index in [1.165, 1.54) is 6.92 Å². The van der Waals surface area contributed by atoms with E-state index in [-0.39, 0.29) is 42.5 Å². The van der Waals surface area contributed by atoms with E-state index in [1.807, 2.05) is 27.7 Å². The first-order valence-corrected chi connectivity index (χ1v) is 15.1. The van der Waals surface area contributed by atoms with Gasteiger partial charge < -0.3 is 34.3 Å². The zero-order valence-electron chi connectivity index (χ0n) is 24.9. The third-order valence-electron chi connectivity index (χ3n) is 11.8. The molecule has 3 aliphatic heterocycles. The molecule has 41 heavy (non-hydrogen) atoms. The van der Waals surface area contributed by atoms with Crippen molar-refractivity contribution in [3.05, 3.63) is 11.1 Å². The highest BCUT2D eigenvalue weighted by Gasteiger charge is 2.78. The summed E-state index contributed by atoms with van der Waals surface area (Å²) in [5, 5.41) is 35.6. The summed E-state index contributed by atoms with van der Waals surface area (Å²) in [7, 11) is 0. The Kier molecular flexibility index (Phi) is 6.38. The predicted octanol–water partition coefficient (Wildman–Crippen LogP) is 2.70. The molecule has 2 saturated carbocycles. The molecule has 3 aliphatic carbocycles. The lowest BCUT2D eigenvalue weighted by Crippen LogP contribution is -2.60. The molecule has 3 N–H and O–H groups in total. The van der Waals surface area contributed by atoms with E-state index in [0.717, 1.165) is 11.1 Å². The largest absolute Gasteiger partial charge is 0.461 e. The Morgan fingerprint density at radius 2 is 1.80 bits per heavy atom. The molecule has 0 bridgehead atoms. The zero-order chi connectivity index (χ0) is 29.9. The summed E-state index contributed by atoms with van der Waals surface area (Å²) in [4.78, 5) is 37.0. The van der Waals surface area contributed by atoms with Crippen LogP contribution in [0.1, 0.15) is 92.9 Å². The van der Waals surface area contributed by atoms with Gasteiger partial charge in [-0.15, -0.1) is 0 Å². The average Bonchev–Trinajstić information content (AvgIpc) is 3.41. The van der Waals surface area contributed by atoms with Crippen LogP contribution in [0, 0.1) is 29.1 Å².